The minimum Gasteiger partial charge on any atom is -0.493 e. The van der Waals surface area contributed by atoms with E-state index in [0.29, 0.717) is 36.8 Å². The molecule has 0 bridgehead atoms. The number of Topliss-reactive ketones (excluding diaryl/α,β-unsaturated/α-hetero) is 1. The van der Waals surface area contributed by atoms with E-state index in [2.05, 4.69) is 4.90 Å². The van der Waals surface area contributed by atoms with E-state index < -0.39 is 11.7 Å². The molecule has 2 aromatic rings. The van der Waals surface area contributed by atoms with Crippen molar-refractivity contribution in [2.75, 3.05) is 40.3 Å². The van der Waals surface area contributed by atoms with Crippen LogP contribution in [0.5, 0.6) is 11.5 Å². The third kappa shape index (κ3) is 4.65. The van der Waals surface area contributed by atoms with Crippen LogP contribution in [0.4, 0.5) is 0 Å². The number of hydrogen-bond acceptors (Lipinski definition) is 5. The van der Waals surface area contributed by atoms with Crippen molar-refractivity contribution in [3.63, 3.8) is 0 Å². The second-order valence-electron chi connectivity index (χ2n) is 6.56. The van der Waals surface area contributed by atoms with Gasteiger partial charge in [0.25, 0.3) is 11.7 Å². The molecule has 3 rings (SSSR count). The number of likely N-dealkylation sites (N-methyl/N-ethyl adjacent to an activating group) is 1. The van der Waals surface area contributed by atoms with Crippen LogP contribution in [-0.4, -0.2) is 61.8 Å². The molecule has 142 valence electrons. The molecule has 6 heteroatoms. The van der Waals surface area contributed by atoms with Crippen molar-refractivity contribution in [3.8, 4) is 11.5 Å². The lowest BCUT2D eigenvalue weighted by Crippen LogP contribution is -2.49. The van der Waals surface area contributed by atoms with Crippen molar-refractivity contribution in [2.24, 2.45) is 0 Å². The fourth-order valence-electron chi connectivity index (χ4n) is 2.94. The molecule has 1 heterocycles. The first-order valence-electron chi connectivity index (χ1n) is 8.95. The van der Waals surface area contributed by atoms with Gasteiger partial charge < -0.3 is 19.3 Å². The molecule has 1 saturated heterocycles. The summed E-state index contributed by atoms with van der Waals surface area (Å²) in [5.74, 6) is -0.0260. The van der Waals surface area contributed by atoms with Crippen LogP contribution in [0, 0.1) is 0 Å². The SMILES string of the molecule is COc1ccc(C(=O)C(=O)N2CCN(C)CC2)cc1OCc1ccccc1. The number of nitrogens with zero attached hydrogens (tertiary/aromatic N) is 2. The van der Waals surface area contributed by atoms with E-state index in [1.165, 1.54) is 0 Å². The normalized spacial score (nSPS) is 14.7. The molecule has 1 aliphatic rings. The van der Waals surface area contributed by atoms with E-state index in [1.807, 2.05) is 37.4 Å². The van der Waals surface area contributed by atoms with Crippen molar-refractivity contribution in [2.45, 2.75) is 6.61 Å². The van der Waals surface area contributed by atoms with Gasteiger partial charge in [0.15, 0.2) is 11.5 Å². The van der Waals surface area contributed by atoms with E-state index in [-0.39, 0.29) is 0 Å². The third-order valence-electron chi connectivity index (χ3n) is 4.65. The van der Waals surface area contributed by atoms with Gasteiger partial charge in [-0.05, 0) is 30.8 Å². The lowest BCUT2D eigenvalue weighted by molar-refractivity contribution is -0.127. The summed E-state index contributed by atoms with van der Waals surface area (Å²) < 4.78 is 11.2. The Morgan fingerprint density at radius 1 is 0.963 bits per heavy atom. The summed E-state index contributed by atoms with van der Waals surface area (Å²) in [6.45, 7) is 3.02. The lowest BCUT2D eigenvalue weighted by Gasteiger charge is -2.31. The van der Waals surface area contributed by atoms with Crippen molar-refractivity contribution in [1.29, 1.82) is 0 Å². The molecule has 0 N–H and O–H groups in total. The van der Waals surface area contributed by atoms with E-state index in [1.54, 1.807) is 30.2 Å². The maximum atomic E-state index is 12.7. The minimum absolute atomic E-state index is 0.308. The summed E-state index contributed by atoms with van der Waals surface area (Å²) in [6.07, 6.45) is 0. The molecule has 0 radical (unpaired) electrons. The highest BCUT2D eigenvalue weighted by molar-refractivity contribution is 6.42. The monoisotopic (exact) mass is 368 g/mol. The fourth-order valence-corrected chi connectivity index (χ4v) is 2.94. The smallest absolute Gasteiger partial charge is 0.295 e. The van der Waals surface area contributed by atoms with Gasteiger partial charge in [-0.1, -0.05) is 30.3 Å². The number of amides is 1. The van der Waals surface area contributed by atoms with Crippen LogP contribution in [0.1, 0.15) is 15.9 Å². The van der Waals surface area contributed by atoms with Gasteiger partial charge in [0, 0.05) is 31.7 Å². The second-order valence-corrected chi connectivity index (χ2v) is 6.56. The fraction of sp³-hybridized carbons (Fsp3) is 0.333. The van der Waals surface area contributed by atoms with Crippen LogP contribution in [0.25, 0.3) is 0 Å². The number of piperazine rings is 1. The number of hydrogen-bond donors (Lipinski definition) is 0. The standard InChI is InChI=1S/C21H24N2O4/c1-22-10-12-23(13-11-22)21(25)20(24)17-8-9-18(26-2)19(14-17)27-15-16-6-4-3-5-7-16/h3-9,14H,10-13,15H2,1-2H3. The molecule has 0 atom stereocenters. The number of carbonyl (C=O) groups is 2. The highest BCUT2D eigenvalue weighted by Gasteiger charge is 2.26. The quantitative estimate of drug-likeness (QED) is 0.578. The van der Waals surface area contributed by atoms with Crippen molar-refractivity contribution in [1.82, 2.24) is 9.80 Å². The topological polar surface area (TPSA) is 59.1 Å². The summed E-state index contributed by atoms with van der Waals surface area (Å²) in [5, 5.41) is 0. The molecular formula is C21H24N2O4. The van der Waals surface area contributed by atoms with Crippen molar-refractivity contribution >= 4 is 11.7 Å². The first-order chi connectivity index (χ1) is 13.1. The van der Waals surface area contributed by atoms with Crippen LogP contribution < -0.4 is 9.47 Å². The largest absolute Gasteiger partial charge is 0.493 e. The van der Waals surface area contributed by atoms with E-state index >= 15 is 0 Å². The highest BCUT2D eigenvalue weighted by Crippen LogP contribution is 2.29. The maximum absolute atomic E-state index is 12.7. The molecule has 0 aliphatic carbocycles. The van der Waals surface area contributed by atoms with Crippen LogP contribution in [-0.2, 0) is 11.4 Å². The summed E-state index contributed by atoms with van der Waals surface area (Å²) in [5.41, 5.74) is 1.31. The first kappa shape index (κ1) is 18.9. The molecule has 27 heavy (non-hydrogen) atoms. The van der Waals surface area contributed by atoms with E-state index in [9.17, 15) is 9.59 Å². The molecule has 0 aromatic heterocycles. The van der Waals surface area contributed by atoms with Crippen molar-refractivity contribution in [3.05, 3.63) is 59.7 Å². The minimum atomic E-state index is -0.522. The maximum Gasteiger partial charge on any atom is 0.295 e. The van der Waals surface area contributed by atoms with Gasteiger partial charge in [-0.25, -0.2) is 0 Å². The van der Waals surface area contributed by atoms with Gasteiger partial charge in [0.2, 0.25) is 0 Å². The van der Waals surface area contributed by atoms with Crippen LogP contribution in [0.15, 0.2) is 48.5 Å². The van der Waals surface area contributed by atoms with Crippen LogP contribution >= 0.6 is 0 Å². The third-order valence-corrected chi connectivity index (χ3v) is 4.65. The molecule has 6 nitrogen and oxygen atoms in total. The Morgan fingerprint density at radius 2 is 1.67 bits per heavy atom. The van der Waals surface area contributed by atoms with Crippen LogP contribution in [0.2, 0.25) is 0 Å². The Kier molecular flexibility index (Phi) is 6.08. The summed E-state index contributed by atoms with van der Waals surface area (Å²) in [4.78, 5) is 28.9. The average molecular weight is 368 g/mol. The average Bonchev–Trinajstić information content (AvgIpc) is 2.72. The number of methoxy groups -OCH3 is 1. The van der Waals surface area contributed by atoms with Crippen molar-refractivity contribution < 1.29 is 19.1 Å². The molecule has 1 aliphatic heterocycles. The van der Waals surface area contributed by atoms with Gasteiger partial charge in [-0.3, -0.25) is 9.59 Å². The predicted octanol–water partition coefficient (Wildman–Crippen LogP) is 2.23. The molecular weight excluding hydrogens is 344 g/mol. The number of carbonyl (C=O) groups excluding carboxylic acids is 2. The van der Waals surface area contributed by atoms with Gasteiger partial charge in [-0.2, -0.15) is 0 Å². The number of rotatable bonds is 6. The first-order valence-corrected chi connectivity index (χ1v) is 8.95. The Labute approximate surface area is 159 Å². The molecule has 0 unspecified atom stereocenters. The number of benzene rings is 2. The second kappa shape index (κ2) is 8.68. The highest BCUT2D eigenvalue weighted by atomic mass is 16.5. The Morgan fingerprint density at radius 3 is 2.33 bits per heavy atom. The van der Waals surface area contributed by atoms with Gasteiger partial charge >= 0.3 is 0 Å². The summed E-state index contributed by atoms with van der Waals surface area (Å²) >= 11 is 0. The zero-order valence-electron chi connectivity index (χ0n) is 15.7. The summed E-state index contributed by atoms with van der Waals surface area (Å²) in [7, 11) is 3.55. The zero-order valence-corrected chi connectivity index (χ0v) is 15.7. The Hall–Kier alpha value is -2.86. The molecule has 0 saturated carbocycles. The number of ketones is 1. The number of ether oxygens (including phenoxy) is 2. The van der Waals surface area contributed by atoms with Gasteiger partial charge in [0.1, 0.15) is 6.61 Å². The predicted molar refractivity (Wildman–Crippen MR) is 102 cm³/mol. The molecule has 2 aromatic carbocycles. The Balaban J connectivity index is 1.73. The van der Waals surface area contributed by atoms with E-state index in [0.717, 1.165) is 18.7 Å². The summed E-state index contributed by atoms with van der Waals surface area (Å²) in [6, 6.07) is 14.6. The lowest BCUT2D eigenvalue weighted by atomic mass is 10.1. The van der Waals surface area contributed by atoms with Gasteiger partial charge in [0.05, 0.1) is 7.11 Å². The molecule has 0 spiro atoms. The molecule has 1 fully saturated rings. The zero-order chi connectivity index (χ0) is 19.2. The van der Waals surface area contributed by atoms with Crippen LogP contribution in [0.3, 0.4) is 0 Å². The Bertz CT molecular complexity index is 799. The molecule has 1 amide bonds. The van der Waals surface area contributed by atoms with Gasteiger partial charge in [-0.15, -0.1) is 0 Å². The van der Waals surface area contributed by atoms with E-state index in [4.69, 9.17) is 9.47 Å².